The highest BCUT2D eigenvalue weighted by Crippen LogP contribution is 2.17. The van der Waals surface area contributed by atoms with Gasteiger partial charge in [0.1, 0.15) is 0 Å². The highest BCUT2D eigenvalue weighted by atomic mass is 16.5. The molecule has 0 unspecified atom stereocenters. The molecule has 0 atom stereocenters. The predicted molar refractivity (Wildman–Crippen MR) is 88.0 cm³/mol. The van der Waals surface area contributed by atoms with Crippen LogP contribution in [0.3, 0.4) is 0 Å². The van der Waals surface area contributed by atoms with Crippen LogP contribution in [0.5, 0.6) is 0 Å². The van der Waals surface area contributed by atoms with Crippen LogP contribution >= 0.6 is 0 Å². The molecule has 0 spiro atoms. The van der Waals surface area contributed by atoms with Gasteiger partial charge in [-0.25, -0.2) is 4.79 Å². The fourth-order valence-corrected chi connectivity index (χ4v) is 2.98. The van der Waals surface area contributed by atoms with E-state index in [1.54, 1.807) is 0 Å². The van der Waals surface area contributed by atoms with E-state index in [9.17, 15) is 4.79 Å². The van der Waals surface area contributed by atoms with E-state index in [1.807, 2.05) is 24.3 Å². The monoisotopic (exact) mass is 313 g/mol. The quantitative estimate of drug-likeness (QED) is 0.889. The summed E-state index contributed by atoms with van der Waals surface area (Å²) in [5.41, 5.74) is 2.07. The van der Waals surface area contributed by atoms with E-state index in [1.165, 1.54) is 24.8 Å². The summed E-state index contributed by atoms with van der Waals surface area (Å²) in [6, 6.07) is 12.2. The molecule has 23 heavy (non-hydrogen) atoms. The SMILES string of the molecule is O=C(NCc1cc(Cc2ccccc2)no1)NC1CCCCC1. The summed E-state index contributed by atoms with van der Waals surface area (Å²) >= 11 is 0. The van der Waals surface area contributed by atoms with Crippen LogP contribution in [0.1, 0.15) is 49.1 Å². The minimum atomic E-state index is -0.127. The van der Waals surface area contributed by atoms with Crippen molar-refractivity contribution < 1.29 is 9.32 Å². The van der Waals surface area contributed by atoms with E-state index in [0.717, 1.165) is 25.0 Å². The molecule has 1 aliphatic carbocycles. The Kier molecular flexibility index (Phi) is 5.29. The van der Waals surface area contributed by atoms with Crippen molar-refractivity contribution >= 4 is 6.03 Å². The van der Waals surface area contributed by atoms with Crippen molar-refractivity contribution in [3.8, 4) is 0 Å². The summed E-state index contributed by atoms with van der Waals surface area (Å²) in [4.78, 5) is 11.9. The Balaban J connectivity index is 1.44. The lowest BCUT2D eigenvalue weighted by Gasteiger charge is -2.22. The lowest BCUT2D eigenvalue weighted by molar-refractivity contribution is 0.230. The summed E-state index contributed by atoms with van der Waals surface area (Å²) in [6.45, 7) is 0.361. The Morgan fingerprint density at radius 3 is 2.74 bits per heavy atom. The Bertz CT molecular complexity index is 618. The van der Waals surface area contributed by atoms with Crippen molar-refractivity contribution in [1.82, 2.24) is 15.8 Å². The first-order chi connectivity index (χ1) is 11.3. The molecule has 2 N–H and O–H groups in total. The fourth-order valence-electron chi connectivity index (χ4n) is 2.98. The number of carbonyl (C=O) groups excluding carboxylic acids is 1. The smallest absolute Gasteiger partial charge is 0.315 e. The van der Waals surface area contributed by atoms with Crippen LogP contribution < -0.4 is 10.6 Å². The van der Waals surface area contributed by atoms with Crippen LogP contribution in [0.15, 0.2) is 40.9 Å². The molecule has 0 aliphatic heterocycles. The molecule has 0 bridgehead atoms. The number of rotatable bonds is 5. The minimum absolute atomic E-state index is 0.127. The zero-order valence-electron chi connectivity index (χ0n) is 13.3. The third-order valence-electron chi connectivity index (χ3n) is 4.20. The standard InChI is InChI=1S/C18H23N3O2/c22-18(20-15-9-5-2-6-10-15)19-13-17-12-16(21-23-17)11-14-7-3-1-4-8-14/h1,3-4,7-8,12,15H,2,5-6,9-11,13H2,(H2,19,20,22). The van der Waals surface area contributed by atoms with E-state index in [4.69, 9.17) is 4.52 Å². The first-order valence-corrected chi connectivity index (χ1v) is 8.32. The second-order valence-corrected chi connectivity index (χ2v) is 6.11. The number of amides is 2. The van der Waals surface area contributed by atoms with E-state index >= 15 is 0 Å². The van der Waals surface area contributed by atoms with Gasteiger partial charge < -0.3 is 15.2 Å². The molecule has 1 fully saturated rings. The van der Waals surface area contributed by atoms with Crippen LogP contribution in [0.4, 0.5) is 4.79 Å². The molecule has 0 radical (unpaired) electrons. The zero-order valence-corrected chi connectivity index (χ0v) is 13.3. The summed E-state index contributed by atoms with van der Waals surface area (Å²) in [5, 5.41) is 9.92. The average Bonchev–Trinajstić information content (AvgIpc) is 3.02. The van der Waals surface area contributed by atoms with Crippen LogP contribution in [-0.4, -0.2) is 17.2 Å². The molecule has 3 rings (SSSR count). The fraction of sp³-hybridized carbons (Fsp3) is 0.444. The van der Waals surface area contributed by atoms with Gasteiger partial charge >= 0.3 is 6.03 Å². The summed E-state index contributed by atoms with van der Waals surface area (Å²) in [5.74, 6) is 0.676. The first-order valence-electron chi connectivity index (χ1n) is 8.32. The Morgan fingerprint density at radius 2 is 1.96 bits per heavy atom. The normalized spacial score (nSPS) is 15.3. The number of carbonyl (C=O) groups is 1. The second kappa shape index (κ2) is 7.81. The van der Waals surface area contributed by atoms with E-state index in [2.05, 4.69) is 27.9 Å². The summed E-state index contributed by atoms with van der Waals surface area (Å²) < 4.78 is 5.28. The number of nitrogens with zero attached hydrogens (tertiary/aromatic N) is 1. The highest BCUT2D eigenvalue weighted by molar-refractivity contribution is 5.74. The van der Waals surface area contributed by atoms with Crippen molar-refractivity contribution in [2.45, 2.75) is 51.1 Å². The third kappa shape index (κ3) is 4.84. The molecule has 5 nitrogen and oxygen atoms in total. The molecule has 0 saturated heterocycles. The molecule has 1 aromatic heterocycles. The van der Waals surface area contributed by atoms with Crippen LogP contribution in [0.2, 0.25) is 0 Å². The maximum Gasteiger partial charge on any atom is 0.315 e. The maximum absolute atomic E-state index is 11.9. The lowest BCUT2D eigenvalue weighted by atomic mass is 9.96. The number of benzene rings is 1. The largest absolute Gasteiger partial charge is 0.359 e. The maximum atomic E-state index is 11.9. The van der Waals surface area contributed by atoms with Crippen LogP contribution in [0.25, 0.3) is 0 Å². The van der Waals surface area contributed by atoms with Gasteiger partial charge in [-0.05, 0) is 18.4 Å². The summed E-state index contributed by atoms with van der Waals surface area (Å²) in [7, 11) is 0. The van der Waals surface area contributed by atoms with Gasteiger partial charge in [-0.2, -0.15) is 0 Å². The Hall–Kier alpha value is -2.30. The zero-order chi connectivity index (χ0) is 15.9. The number of hydrogen-bond donors (Lipinski definition) is 2. The lowest BCUT2D eigenvalue weighted by Crippen LogP contribution is -2.42. The van der Waals surface area contributed by atoms with Gasteiger partial charge in [0, 0.05) is 18.5 Å². The Morgan fingerprint density at radius 1 is 1.17 bits per heavy atom. The second-order valence-electron chi connectivity index (χ2n) is 6.11. The van der Waals surface area contributed by atoms with Crippen molar-refractivity contribution in [2.24, 2.45) is 0 Å². The van der Waals surface area contributed by atoms with Gasteiger partial charge in [-0.15, -0.1) is 0 Å². The van der Waals surface area contributed by atoms with Crippen molar-refractivity contribution in [3.63, 3.8) is 0 Å². The average molecular weight is 313 g/mol. The molecule has 1 aliphatic rings. The van der Waals surface area contributed by atoms with E-state index in [0.29, 0.717) is 18.3 Å². The van der Waals surface area contributed by atoms with Gasteiger partial charge in [0.05, 0.1) is 12.2 Å². The van der Waals surface area contributed by atoms with Crippen molar-refractivity contribution in [2.75, 3.05) is 0 Å². The molecule has 122 valence electrons. The van der Waals surface area contributed by atoms with Gasteiger partial charge in [-0.1, -0.05) is 54.8 Å². The first kappa shape index (κ1) is 15.6. The molecule has 5 heteroatoms. The van der Waals surface area contributed by atoms with Crippen molar-refractivity contribution in [1.29, 1.82) is 0 Å². The number of nitrogens with one attached hydrogen (secondary N) is 2. The molecule has 2 amide bonds. The van der Waals surface area contributed by atoms with Gasteiger partial charge in [0.2, 0.25) is 0 Å². The number of aromatic nitrogens is 1. The highest BCUT2D eigenvalue weighted by Gasteiger charge is 2.15. The number of hydrogen-bond acceptors (Lipinski definition) is 3. The van der Waals surface area contributed by atoms with Crippen molar-refractivity contribution in [3.05, 3.63) is 53.4 Å². The molecular weight excluding hydrogens is 290 g/mol. The molecule has 1 heterocycles. The van der Waals surface area contributed by atoms with E-state index in [-0.39, 0.29) is 6.03 Å². The minimum Gasteiger partial charge on any atom is -0.359 e. The van der Waals surface area contributed by atoms with Crippen LogP contribution in [-0.2, 0) is 13.0 Å². The van der Waals surface area contributed by atoms with E-state index < -0.39 is 0 Å². The third-order valence-corrected chi connectivity index (χ3v) is 4.20. The van der Waals surface area contributed by atoms with Gasteiger partial charge in [-0.3, -0.25) is 0 Å². The topological polar surface area (TPSA) is 67.2 Å². The number of urea groups is 1. The predicted octanol–water partition coefficient (Wildman–Crippen LogP) is 3.40. The van der Waals surface area contributed by atoms with Crippen LogP contribution in [0, 0.1) is 0 Å². The molecule has 2 aromatic rings. The summed E-state index contributed by atoms with van der Waals surface area (Å²) in [6.07, 6.45) is 6.58. The van der Waals surface area contributed by atoms with Gasteiger partial charge in [0.15, 0.2) is 5.76 Å². The Labute approximate surface area is 136 Å². The molecule has 1 aromatic carbocycles. The molecule has 1 saturated carbocycles. The molecular formula is C18H23N3O2. The van der Waals surface area contributed by atoms with Gasteiger partial charge in [0.25, 0.3) is 0 Å².